The lowest BCUT2D eigenvalue weighted by molar-refractivity contribution is 0.0897. The highest BCUT2D eigenvalue weighted by Gasteiger charge is 2.28. The zero-order valence-electron chi connectivity index (χ0n) is 15.0. The van der Waals surface area contributed by atoms with Crippen molar-refractivity contribution in [1.82, 2.24) is 14.9 Å². The second-order valence-electron chi connectivity index (χ2n) is 6.79. The first-order valence-electron chi connectivity index (χ1n) is 9.17. The van der Waals surface area contributed by atoms with Crippen molar-refractivity contribution in [1.29, 1.82) is 0 Å². The molecule has 6 heteroatoms. The van der Waals surface area contributed by atoms with Crippen LogP contribution in [-0.2, 0) is 12.8 Å². The number of imidazole rings is 1. The second kappa shape index (κ2) is 8.61. The largest absolute Gasteiger partial charge is 0.455 e. The number of amides is 1. The van der Waals surface area contributed by atoms with Crippen LogP contribution in [0.25, 0.3) is 0 Å². The predicted molar refractivity (Wildman–Crippen MR) is 99.6 cm³/mol. The fourth-order valence-corrected chi connectivity index (χ4v) is 4.31. The molecule has 0 aromatic carbocycles. The summed E-state index contributed by atoms with van der Waals surface area (Å²) >= 11 is 1.60. The second-order valence-corrected chi connectivity index (χ2v) is 7.73. The molecular formula is C19H27N3O2S. The first-order valence-corrected chi connectivity index (χ1v) is 10.2. The molecule has 1 aliphatic carbocycles. The predicted octanol–water partition coefficient (Wildman–Crippen LogP) is 4.39. The number of aryl methyl sites for hydroxylation is 1. The van der Waals surface area contributed by atoms with E-state index in [-0.39, 0.29) is 5.91 Å². The van der Waals surface area contributed by atoms with E-state index < -0.39 is 0 Å². The number of nitrogens with zero attached hydrogens (tertiary/aromatic N) is 2. The van der Waals surface area contributed by atoms with Gasteiger partial charge >= 0.3 is 0 Å². The molecular weight excluding hydrogens is 334 g/mol. The minimum atomic E-state index is -0.0818. The number of unbranched alkanes of at least 4 members (excludes halogenated alkanes) is 1. The van der Waals surface area contributed by atoms with E-state index >= 15 is 0 Å². The summed E-state index contributed by atoms with van der Waals surface area (Å²) < 4.78 is 7.71. The van der Waals surface area contributed by atoms with Crippen LogP contribution >= 0.6 is 11.8 Å². The molecule has 0 bridgehead atoms. The maximum absolute atomic E-state index is 12.5. The summed E-state index contributed by atoms with van der Waals surface area (Å²) in [6.45, 7) is 2.22. The first-order chi connectivity index (χ1) is 12.2. The topological polar surface area (TPSA) is 60.1 Å². The van der Waals surface area contributed by atoms with Crippen molar-refractivity contribution in [2.75, 3.05) is 0 Å². The SMILES string of the molecule is CCCCC1CCCC1NC(=O)c1ccc(CSc2nccn2C)o1. The van der Waals surface area contributed by atoms with Crippen molar-refractivity contribution in [3.05, 3.63) is 36.0 Å². The Bertz CT molecular complexity index is 694. The van der Waals surface area contributed by atoms with Crippen LogP contribution in [0.15, 0.2) is 34.1 Å². The molecule has 1 N–H and O–H groups in total. The number of hydrogen-bond donors (Lipinski definition) is 1. The lowest BCUT2D eigenvalue weighted by Crippen LogP contribution is -2.37. The van der Waals surface area contributed by atoms with Gasteiger partial charge in [0.15, 0.2) is 10.9 Å². The van der Waals surface area contributed by atoms with Gasteiger partial charge in [0.05, 0.1) is 5.75 Å². The Hall–Kier alpha value is -1.69. The molecule has 2 heterocycles. The number of hydrogen-bond acceptors (Lipinski definition) is 4. The summed E-state index contributed by atoms with van der Waals surface area (Å²) in [6, 6.07) is 3.96. The zero-order valence-corrected chi connectivity index (χ0v) is 15.8. The summed E-state index contributed by atoms with van der Waals surface area (Å²) in [7, 11) is 1.97. The van der Waals surface area contributed by atoms with Crippen molar-refractivity contribution in [3.63, 3.8) is 0 Å². The molecule has 0 radical (unpaired) electrons. The molecule has 5 nitrogen and oxygen atoms in total. The van der Waals surface area contributed by atoms with E-state index in [9.17, 15) is 4.79 Å². The van der Waals surface area contributed by atoms with Crippen molar-refractivity contribution in [2.24, 2.45) is 13.0 Å². The molecule has 2 aromatic rings. The standard InChI is InChI=1S/C19H27N3O2S/c1-3-4-6-14-7-5-8-16(14)21-18(23)17-10-9-15(24-17)13-25-19-20-11-12-22(19)2/h9-12,14,16H,3-8,13H2,1-2H3,(H,21,23). The molecule has 1 aliphatic rings. The number of nitrogens with one attached hydrogen (secondary N) is 1. The third-order valence-electron chi connectivity index (χ3n) is 4.91. The van der Waals surface area contributed by atoms with Gasteiger partial charge in [-0.3, -0.25) is 4.79 Å². The summed E-state index contributed by atoms with van der Waals surface area (Å²) in [6.07, 6.45) is 10.9. The molecule has 0 spiro atoms. The van der Waals surface area contributed by atoms with Crippen molar-refractivity contribution < 1.29 is 9.21 Å². The van der Waals surface area contributed by atoms with E-state index in [1.54, 1.807) is 24.0 Å². The molecule has 1 saturated carbocycles. The molecule has 2 atom stereocenters. The lowest BCUT2D eigenvalue weighted by Gasteiger charge is -2.20. The Morgan fingerprint density at radius 1 is 1.44 bits per heavy atom. The van der Waals surface area contributed by atoms with Crippen LogP contribution < -0.4 is 5.32 Å². The van der Waals surface area contributed by atoms with Gasteiger partial charge in [-0.2, -0.15) is 0 Å². The summed E-state index contributed by atoms with van der Waals surface area (Å²) in [5.41, 5.74) is 0. The van der Waals surface area contributed by atoms with Gasteiger partial charge in [-0.05, 0) is 37.3 Å². The average Bonchev–Trinajstić information content (AvgIpc) is 3.32. The van der Waals surface area contributed by atoms with Crippen LogP contribution in [0.5, 0.6) is 0 Å². The number of carbonyl (C=O) groups is 1. The number of thioether (sulfide) groups is 1. The zero-order chi connectivity index (χ0) is 17.6. The average molecular weight is 362 g/mol. The molecule has 1 amide bonds. The molecule has 136 valence electrons. The van der Waals surface area contributed by atoms with Crippen molar-refractivity contribution in [2.45, 2.75) is 62.4 Å². The van der Waals surface area contributed by atoms with Gasteiger partial charge in [0.2, 0.25) is 0 Å². The normalized spacial score (nSPS) is 20.1. The Morgan fingerprint density at radius 2 is 2.32 bits per heavy atom. The van der Waals surface area contributed by atoms with E-state index in [1.165, 1.54) is 32.1 Å². The first kappa shape index (κ1) is 18.1. The minimum absolute atomic E-state index is 0.0818. The fraction of sp³-hybridized carbons (Fsp3) is 0.579. The Balaban J connectivity index is 1.52. The Morgan fingerprint density at radius 3 is 3.08 bits per heavy atom. The van der Waals surface area contributed by atoms with E-state index in [0.29, 0.717) is 23.5 Å². The highest BCUT2D eigenvalue weighted by molar-refractivity contribution is 7.98. The number of carbonyl (C=O) groups excluding carboxylic acids is 1. The number of rotatable bonds is 8. The van der Waals surface area contributed by atoms with Gasteiger partial charge in [-0.1, -0.05) is 37.9 Å². The maximum Gasteiger partial charge on any atom is 0.287 e. The van der Waals surface area contributed by atoms with E-state index in [4.69, 9.17) is 4.42 Å². The molecule has 25 heavy (non-hydrogen) atoms. The van der Waals surface area contributed by atoms with Crippen LogP contribution in [0, 0.1) is 5.92 Å². The fourth-order valence-electron chi connectivity index (χ4n) is 3.48. The van der Waals surface area contributed by atoms with Crippen LogP contribution in [0.3, 0.4) is 0 Å². The van der Waals surface area contributed by atoms with Crippen LogP contribution in [0.1, 0.15) is 61.8 Å². The monoisotopic (exact) mass is 361 g/mol. The molecule has 0 saturated heterocycles. The molecule has 1 fully saturated rings. The highest BCUT2D eigenvalue weighted by Crippen LogP contribution is 2.30. The third-order valence-corrected chi connectivity index (χ3v) is 5.99. The van der Waals surface area contributed by atoms with E-state index in [0.717, 1.165) is 17.3 Å². The Kier molecular flexibility index (Phi) is 6.24. The Labute approximate surface area is 153 Å². The third kappa shape index (κ3) is 4.69. The van der Waals surface area contributed by atoms with Gasteiger partial charge in [0, 0.05) is 25.5 Å². The quantitative estimate of drug-likeness (QED) is 0.708. The summed E-state index contributed by atoms with van der Waals surface area (Å²) in [4.78, 5) is 16.8. The molecule has 2 unspecified atom stereocenters. The van der Waals surface area contributed by atoms with E-state index in [1.807, 2.05) is 23.9 Å². The van der Waals surface area contributed by atoms with Gasteiger partial charge in [-0.15, -0.1) is 0 Å². The van der Waals surface area contributed by atoms with Gasteiger partial charge in [0.25, 0.3) is 5.91 Å². The van der Waals surface area contributed by atoms with E-state index in [2.05, 4.69) is 17.2 Å². The van der Waals surface area contributed by atoms with Gasteiger partial charge < -0.3 is 14.3 Å². The summed E-state index contributed by atoms with van der Waals surface area (Å²) in [5.74, 6) is 2.42. The number of furan rings is 1. The maximum atomic E-state index is 12.5. The van der Waals surface area contributed by atoms with Crippen LogP contribution in [-0.4, -0.2) is 21.5 Å². The molecule has 2 aromatic heterocycles. The minimum Gasteiger partial charge on any atom is -0.455 e. The van der Waals surface area contributed by atoms with Crippen LogP contribution in [0.2, 0.25) is 0 Å². The van der Waals surface area contributed by atoms with Crippen molar-refractivity contribution >= 4 is 17.7 Å². The molecule has 3 rings (SSSR count). The number of aromatic nitrogens is 2. The van der Waals surface area contributed by atoms with Gasteiger partial charge in [-0.25, -0.2) is 4.98 Å². The summed E-state index contributed by atoms with van der Waals surface area (Å²) in [5, 5.41) is 4.13. The lowest BCUT2D eigenvalue weighted by atomic mass is 9.97. The molecule has 0 aliphatic heterocycles. The van der Waals surface area contributed by atoms with Gasteiger partial charge in [0.1, 0.15) is 5.76 Å². The smallest absolute Gasteiger partial charge is 0.287 e. The van der Waals surface area contributed by atoms with Crippen molar-refractivity contribution in [3.8, 4) is 0 Å². The van der Waals surface area contributed by atoms with Crippen LogP contribution in [0.4, 0.5) is 0 Å². The highest BCUT2D eigenvalue weighted by atomic mass is 32.2.